The number of imidazole rings is 1. The molecule has 2 aromatic heterocycles. The van der Waals surface area contributed by atoms with Crippen molar-refractivity contribution in [1.29, 1.82) is 5.26 Å². The fourth-order valence-electron chi connectivity index (χ4n) is 3.16. The molecule has 0 saturated heterocycles. The van der Waals surface area contributed by atoms with Gasteiger partial charge in [0.25, 0.3) is 0 Å². The second-order valence-corrected chi connectivity index (χ2v) is 5.58. The summed E-state index contributed by atoms with van der Waals surface area (Å²) in [6, 6.07) is 8.52. The van der Waals surface area contributed by atoms with Crippen LogP contribution in [0.2, 0.25) is 0 Å². The Kier molecular flexibility index (Phi) is 3.70. The van der Waals surface area contributed by atoms with Crippen molar-refractivity contribution >= 4 is 5.65 Å². The van der Waals surface area contributed by atoms with Crippen molar-refractivity contribution in [3.8, 4) is 6.07 Å². The van der Waals surface area contributed by atoms with E-state index in [0.717, 1.165) is 17.0 Å². The predicted molar refractivity (Wildman–Crippen MR) is 78.3 cm³/mol. The first kappa shape index (κ1) is 13.1. The highest BCUT2D eigenvalue weighted by Gasteiger charge is 2.23. The Balaban J connectivity index is 1.91. The van der Waals surface area contributed by atoms with E-state index in [1.165, 1.54) is 32.1 Å². The number of hydrogen-bond acceptors (Lipinski definition) is 3. The molecule has 1 unspecified atom stereocenters. The van der Waals surface area contributed by atoms with Gasteiger partial charge in [-0.05, 0) is 31.9 Å². The molecule has 0 aliphatic heterocycles. The molecule has 1 aliphatic rings. The maximum atomic E-state index is 9.56. The smallest absolute Gasteiger partial charge is 0.138 e. The molecule has 0 bridgehead atoms. The van der Waals surface area contributed by atoms with Crippen LogP contribution in [-0.2, 0) is 0 Å². The lowest BCUT2D eigenvalue weighted by Crippen LogP contribution is -2.34. The molecule has 0 amide bonds. The van der Waals surface area contributed by atoms with Gasteiger partial charge in [0.2, 0.25) is 0 Å². The molecule has 0 radical (unpaired) electrons. The van der Waals surface area contributed by atoms with Gasteiger partial charge in [0, 0.05) is 12.2 Å². The second-order valence-electron chi connectivity index (χ2n) is 5.58. The first-order valence-electron chi connectivity index (χ1n) is 7.39. The van der Waals surface area contributed by atoms with Crippen LogP contribution < -0.4 is 5.32 Å². The van der Waals surface area contributed by atoms with Crippen LogP contribution in [0, 0.1) is 18.3 Å². The predicted octanol–water partition coefficient (Wildman–Crippen LogP) is 3.13. The van der Waals surface area contributed by atoms with Crippen molar-refractivity contribution in [3.05, 3.63) is 35.8 Å². The third-order valence-corrected chi connectivity index (χ3v) is 4.16. The Morgan fingerprint density at radius 3 is 2.90 bits per heavy atom. The Morgan fingerprint density at radius 2 is 2.15 bits per heavy atom. The fraction of sp³-hybridized carbons (Fsp3) is 0.500. The van der Waals surface area contributed by atoms with Crippen LogP contribution in [0.5, 0.6) is 0 Å². The zero-order valence-corrected chi connectivity index (χ0v) is 11.8. The van der Waals surface area contributed by atoms with E-state index in [-0.39, 0.29) is 6.04 Å². The zero-order chi connectivity index (χ0) is 13.9. The lowest BCUT2D eigenvalue weighted by Gasteiger charge is -2.25. The van der Waals surface area contributed by atoms with Crippen molar-refractivity contribution in [2.45, 2.75) is 51.1 Å². The molecule has 2 heterocycles. The molecule has 1 atom stereocenters. The Bertz CT molecular complexity index is 631. The molecule has 4 nitrogen and oxygen atoms in total. The molecule has 1 N–H and O–H groups in total. The Morgan fingerprint density at radius 1 is 1.35 bits per heavy atom. The minimum absolute atomic E-state index is 0.282. The van der Waals surface area contributed by atoms with Gasteiger partial charge in [-0.2, -0.15) is 5.26 Å². The number of aromatic nitrogens is 2. The Labute approximate surface area is 119 Å². The summed E-state index contributed by atoms with van der Waals surface area (Å²) in [4.78, 5) is 4.55. The van der Waals surface area contributed by atoms with Crippen molar-refractivity contribution < 1.29 is 0 Å². The van der Waals surface area contributed by atoms with Crippen LogP contribution in [-0.4, -0.2) is 15.4 Å². The highest BCUT2D eigenvalue weighted by Crippen LogP contribution is 2.24. The van der Waals surface area contributed by atoms with E-state index in [1.54, 1.807) is 0 Å². The van der Waals surface area contributed by atoms with E-state index in [4.69, 9.17) is 0 Å². The monoisotopic (exact) mass is 268 g/mol. The van der Waals surface area contributed by atoms with Crippen molar-refractivity contribution in [2.24, 2.45) is 0 Å². The van der Waals surface area contributed by atoms with Gasteiger partial charge in [-0.3, -0.25) is 5.32 Å². The Hall–Kier alpha value is -1.86. The van der Waals surface area contributed by atoms with E-state index >= 15 is 0 Å². The molecule has 2 aromatic rings. The molecule has 3 rings (SSSR count). The average molecular weight is 268 g/mol. The minimum Gasteiger partial charge on any atom is -0.301 e. The number of rotatable bonds is 3. The maximum absolute atomic E-state index is 9.56. The summed E-state index contributed by atoms with van der Waals surface area (Å²) in [7, 11) is 0. The third kappa shape index (κ3) is 2.41. The summed E-state index contributed by atoms with van der Waals surface area (Å²) in [6.07, 6.45) is 8.19. The summed E-state index contributed by atoms with van der Waals surface area (Å²) in [6.45, 7) is 1.98. The van der Waals surface area contributed by atoms with Gasteiger partial charge in [-0.1, -0.05) is 25.3 Å². The number of fused-ring (bicyclic) bond motifs is 1. The molecule has 20 heavy (non-hydrogen) atoms. The lowest BCUT2D eigenvalue weighted by molar-refractivity contribution is 0.357. The number of nitrogens with one attached hydrogen (secondary N) is 1. The first-order chi connectivity index (χ1) is 9.79. The SMILES string of the molecule is Cc1nc2ccccn2c1C(C#N)NC1CCCCC1. The van der Waals surface area contributed by atoms with Gasteiger partial charge in [0.05, 0.1) is 17.5 Å². The number of nitrogens with zero attached hydrogens (tertiary/aromatic N) is 3. The van der Waals surface area contributed by atoms with Crippen LogP contribution >= 0.6 is 0 Å². The third-order valence-electron chi connectivity index (χ3n) is 4.16. The number of hydrogen-bond donors (Lipinski definition) is 1. The van der Waals surface area contributed by atoms with E-state index in [0.29, 0.717) is 6.04 Å². The number of pyridine rings is 1. The molecule has 4 heteroatoms. The summed E-state index contributed by atoms with van der Waals surface area (Å²) in [5, 5.41) is 13.1. The van der Waals surface area contributed by atoms with E-state index in [1.807, 2.05) is 35.7 Å². The molecule has 1 saturated carbocycles. The van der Waals surface area contributed by atoms with Gasteiger partial charge in [-0.25, -0.2) is 4.98 Å². The largest absolute Gasteiger partial charge is 0.301 e. The van der Waals surface area contributed by atoms with E-state index in [2.05, 4.69) is 16.4 Å². The van der Waals surface area contributed by atoms with Gasteiger partial charge in [0.15, 0.2) is 0 Å². The highest BCUT2D eigenvalue weighted by molar-refractivity contribution is 5.44. The topological polar surface area (TPSA) is 53.1 Å². The van der Waals surface area contributed by atoms with Crippen LogP contribution in [0.3, 0.4) is 0 Å². The number of aryl methyl sites for hydroxylation is 1. The van der Waals surface area contributed by atoms with Crippen LogP contribution in [0.4, 0.5) is 0 Å². The standard InChI is InChI=1S/C16H20N4/c1-12-16(20-10-6-5-9-15(20)18-12)14(11-17)19-13-7-3-2-4-8-13/h5-6,9-10,13-14,19H,2-4,7-8H2,1H3. The summed E-state index contributed by atoms with van der Waals surface area (Å²) in [5.41, 5.74) is 2.82. The molecule has 0 spiro atoms. The van der Waals surface area contributed by atoms with Crippen LogP contribution in [0.1, 0.15) is 49.5 Å². The summed E-state index contributed by atoms with van der Waals surface area (Å²) < 4.78 is 2.03. The first-order valence-corrected chi connectivity index (χ1v) is 7.39. The highest BCUT2D eigenvalue weighted by atomic mass is 15.1. The van der Waals surface area contributed by atoms with Gasteiger partial charge in [0.1, 0.15) is 11.7 Å². The molecule has 1 aliphatic carbocycles. The molecule has 0 aromatic carbocycles. The van der Waals surface area contributed by atoms with Gasteiger partial charge < -0.3 is 4.40 Å². The van der Waals surface area contributed by atoms with Crippen LogP contribution in [0.25, 0.3) is 5.65 Å². The van der Waals surface area contributed by atoms with Crippen molar-refractivity contribution in [1.82, 2.24) is 14.7 Å². The quantitative estimate of drug-likeness (QED) is 0.930. The lowest BCUT2D eigenvalue weighted by atomic mass is 9.94. The molecule has 104 valence electrons. The van der Waals surface area contributed by atoms with E-state index in [9.17, 15) is 5.26 Å². The van der Waals surface area contributed by atoms with Crippen molar-refractivity contribution in [3.63, 3.8) is 0 Å². The average Bonchev–Trinajstić information content (AvgIpc) is 2.82. The fourth-order valence-corrected chi connectivity index (χ4v) is 3.16. The van der Waals surface area contributed by atoms with Gasteiger partial charge in [-0.15, -0.1) is 0 Å². The second kappa shape index (κ2) is 5.64. The summed E-state index contributed by atoms with van der Waals surface area (Å²) >= 11 is 0. The minimum atomic E-state index is -0.282. The zero-order valence-electron chi connectivity index (χ0n) is 11.8. The summed E-state index contributed by atoms with van der Waals surface area (Å²) in [5.74, 6) is 0. The van der Waals surface area contributed by atoms with Gasteiger partial charge >= 0.3 is 0 Å². The molecular formula is C16H20N4. The normalized spacial score (nSPS) is 18.0. The number of nitriles is 1. The molecular weight excluding hydrogens is 248 g/mol. The van der Waals surface area contributed by atoms with E-state index < -0.39 is 0 Å². The van der Waals surface area contributed by atoms with Crippen molar-refractivity contribution in [2.75, 3.05) is 0 Å². The molecule has 1 fully saturated rings. The maximum Gasteiger partial charge on any atom is 0.138 e. The van der Waals surface area contributed by atoms with Crippen LogP contribution in [0.15, 0.2) is 24.4 Å².